The second kappa shape index (κ2) is 10.1. The molecule has 0 unspecified atom stereocenters. The summed E-state index contributed by atoms with van der Waals surface area (Å²) >= 11 is 0. The Morgan fingerprint density at radius 1 is 1.24 bits per heavy atom. The molecule has 2 rings (SSSR count). The first kappa shape index (κ1) is 22.5. The van der Waals surface area contributed by atoms with Crippen LogP contribution in [0.25, 0.3) is 0 Å². The summed E-state index contributed by atoms with van der Waals surface area (Å²) in [5, 5.41) is 2.67. The van der Waals surface area contributed by atoms with Crippen molar-refractivity contribution in [3.8, 4) is 0 Å². The summed E-state index contributed by atoms with van der Waals surface area (Å²) in [6.45, 7) is 5.97. The van der Waals surface area contributed by atoms with Crippen molar-refractivity contribution in [3.63, 3.8) is 0 Å². The van der Waals surface area contributed by atoms with E-state index in [1.54, 1.807) is 31.9 Å². The Morgan fingerprint density at radius 2 is 1.93 bits per heavy atom. The molecule has 0 spiro atoms. The standard InChI is InChI=1S/C22H30N2O5/c1-22(2,3)29-21(27)23-17(15-16-9-6-5-7-10-16)19(25)12-14-24-13-8-11-18(24)20(26)28-4/h5-7,9-10,12,14,17-18H,8,11,13,15H2,1-4H3,(H,23,27)/b14-12+/t17-,18-/m0/s1. The minimum Gasteiger partial charge on any atom is -0.467 e. The van der Waals surface area contributed by atoms with Crippen molar-refractivity contribution in [2.24, 2.45) is 0 Å². The average Bonchev–Trinajstić information content (AvgIpc) is 3.13. The topological polar surface area (TPSA) is 84.9 Å². The van der Waals surface area contributed by atoms with Gasteiger partial charge in [-0.1, -0.05) is 30.3 Å². The first-order valence-corrected chi connectivity index (χ1v) is 9.78. The number of methoxy groups -OCH3 is 1. The Balaban J connectivity index is 2.10. The first-order valence-electron chi connectivity index (χ1n) is 9.78. The molecule has 158 valence electrons. The van der Waals surface area contributed by atoms with E-state index < -0.39 is 17.7 Å². The summed E-state index contributed by atoms with van der Waals surface area (Å²) in [7, 11) is 1.36. The van der Waals surface area contributed by atoms with Crippen LogP contribution in [-0.2, 0) is 25.5 Å². The minimum atomic E-state index is -0.775. The number of benzene rings is 1. The zero-order valence-electron chi connectivity index (χ0n) is 17.5. The van der Waals surface area contributed by atoms with Crippen LogP contribution < -0.4 is 5.32 Å². The molecule has 1 heterocycles. The van der Waals surface area contributed by atoms with E-state index in [0.717, 1.165) is 12.0 Å². The molecule has 1 aliphatic heterocycles. The van der Waals surface area contributed by atoms with Crippen molar-refractivity contribution in [1.29, 1.82) is 0 Å². The summed E-state index contributed by atoms with van der Waals surface area (Å²) in [4.78, 5) is 38.7. The lowest BCUT2D eigenvalue weighted by atomic mass is 10.0. The molecule has 0 bridgehead atoms. The molecule has 1 aromatic rings. The fourth-order valence-corrected chi connectivity index (χ4v) is 3.16. The number of carbonyl (C=O) groups is 3. The number of hydrogen-bond acceptors (Lipinski definition) is 6. The van der Waals surface area contributed by atoms with Crippen LogP contribution in [-0.4, -0.2) is 54.1 Å². The van der Waals surface area contributed by atoms with Crippen molar-refractivity contribution in [1.82, 2.24) is 10.2 Å². The van der Waals surface area contributed by atoms with Gasteiger partial charge in [-0.2, -0.15) is 0 Å². The summed E-state index contributed by atoms with van der Waals surface area (Å²) in [6.07, 6.45) is 4.26. The fraction of sp³-hybridized carbons (Fsp3) is 0.500. The van der Waals surface area contributed by atoms with E-state index in [0.29, 0.717) is 19.4 Å². The van der Waals surface area contributed by atoms with E-state index in [9.17, 15) is 14.4 Å². The number of ether oxygens (including phenoxy) is 2. The molecule has 7 nitrogen and oxygen atoms in total. The lowest BCUT2D eigenvalue weighted by Gasteiger charge is -2.23. The molecule has 1 aliphatic rings. The van der Waals surface area contributed by atoms with Crippen LogP contribution in [0.5, 0.6) is 0 Å². The van der Waals surface area contributed by atoms with Crippen LogP contribution >= 0.6 is 0 Å². The highest BCUT2D eigenvalue weighted by molar-refractivity contribution is 5.96. The second-order valence-electron chi connectivity index (χ2n) is 8.03. The number of amides is 1. The van der Waals surface area contributed by atoms with Gasteiger partial charge >= 0.3 is 12.1 Å². The predicted octanol–water partition coefficient (Wildman–Crippen LogP) is 2.84. The number of likely N-dealkylation sites (tertiary alicyclic amines) is 1. The maximum Gasteiger partial charge on any atom is 0.408 e. The van der Waals surface area contributed by atoms with Crippen LogP contribution in [0, 0.1) is 0 Å². The molecular weight excluding hydrogens is 372 g/mol. The molecule has 1 amide bonds. The second-order valence-corrected chi connectivity index (χ2v) is 8.03. The summed E-state index contributed by atoms with van der Waals surface area (Å²) in [6, 6.07) is 8.29. The van der Waals surface area contributed by atoms with Gasteiger partial charge in [-0.15, -0.1) is 0 Å². The van der Waals surface area contributed by atoms with Gasteiger partial charge in [-0.3, -0.25) is 4.79 Å². The molecule has 1 fully saturated rings. The molecule has 7 heteroatoms. The SMILES string of the molecule is COC(=O)[C@@H]1CCCN1/C=C/C(=O)[C@H](Cc1ccccc1)NC(=O)OC(C)(C)C. The predicted molar refractivity (Wildman–Crippen MR) is 109 cm³/mol. The third kappa shape index (κ3) is 7.25. The van der Waals surface area contributed by atoms with Gasteiger partial charge in [0.25, 0.3) is 0 Å². The van der Waals surface area contributed by atoms with Gasteiger partial charge in [-0.05, 0) is 45.3 Å². The van der Waals surface area contributed by atoms with Gasteiger partial charge < -0.3 is 19.7 Å². The smallest absolute Gasteiger partial charge is 0.408 e. The molecule has 0 radical (unpaired) electrons. The average molecular weight is 402 g/mol. The van der Waals surface area contributed by atoms with Gasteiger partial charge in [0.05, 0.1) is 13.2 Å². The first-order chi connectivity index (χ1) is 13.7. The number of nitrogens with zero attached hydrogens (tertiary/aromatic N) is 1. The van der Waals surface area contributed by atoms with Crippen LogP contribution in [0.4, 0.5) is 4.79 Å². The molecule has 1 aromatic carbocycles. The highest BCUT2D eigenvalue weighted by Crippen LogP contribution is 2.19. The van der Waals surface area contributed by atoms with Crippen molar-refractivity contribution >= 4 is 17.8 Å². The van der Waals surface area contributed by atoms with Crippen LogP contribution in [0.1, 0.15) is 39.2 Å². The summed E-state index contributed by atoms with van der Waals surface area (Å²) in [5.74, 6) is -0.581. The molecule has 0 aromatic heterocycles. The number of alkyl carbamates (subject to hydrolysis) is 1. The van der Waals surface area contributed by atoms with Crippen molar-refractivity contribution in [3.05, 3.63) is 48.2 Å². The lowest BCUT2D eigenvalue weighted by molar-refractivity contribution is -0.145. The fourth-order valence-electron chi connectivity index (χ4n) is 3.16. The number of rotatable bonds is 7. The third-order valence-corrected chi connectivity index (χ3v) is 4.51. The van der Waals surface area contributed by atoms with Crippen LogP contribution in [0.3, 0.4) is 0 Å². The van der Waals surface area contributed by atoms with E-state index in [2.05, 4.69) is 5.32 Å². The zero-order valence-corrected chi connectivity index (χ0v) is 17.5. The summed E-state index contributed by atoms with van der Waals surface area (Å²) in [5.41, 5.74) is 0.257. The van der Waals surface area contributed by atoms with Gasteiger partial charge in [0.2, 0.25) is 0 Å². The largest absolute Gasteiger partial charge is 0.467 e. The minimum absolute atomic E-state index is 0.268. The van der Waals surface area contributed by atoms with E-state index in [1.807, 2.05) is 30.3 Å². The Kier molecular flexibility index (Phi) is 7.82. The quantitative estimate of drug-likeness (QED) is 0.558. The van der Waals surface area contributed by atoms with Gasteiger partial charge in [0, 0.05) is 19.2 Å². The molecule has 0 aliphatic carbocycles. The van der Waals surface area contributed by atoms with E-state index in [4.69, 9.17) is 9.47 Å². The number of carbonyl (C=O) groups excluding carboxylic acids is 3. The van der Waals surface area contributed by atoms with Crippen molar-refractivity contribution in [2.45, 2.75) is 57.7 Å². The number of esters is 1. The monoisotopic (exact) mass is 402 g/mol. The lowest BCUT2D eigenvalue weighted by Crippen LogP contribution is -2.44. The maximum atomic E-state index is 12.9. The van der Waals surface area contributed by atoms with Gasteiger partial charge in [0.15, 0.2) is 5.78 Å². The zero-order chi connectivity index (χ0) is 21.4. The summed E-state index contributed by atoms with van der Waals surface area (Å²) < 4.78 is 10.1. The molecule has 0 saturated carbocycles. The molecule has 1 N–H and O–H groups in total. The van der Waals surface area contributed by atoms with Crippen LogP contribution in [0.15, 0.2) is 42.6 Å². The molecular formula is C22H30N2O5. The Bertz CT molecular complexity index is 739. The number of ketones is 1. The maximum absolute atomic E-state index is 12.9. The third-order valence-electron chi connectivity index (χ3n) is 4.51. The number of hydrogen-bond donors (Lipinski definition) is 1. The van der Waals surface area contributed by atoms with E-state index in [-0.39, 0.29) is 17.8 Å². The molecule has 29 heavy (non-hydrogen) atoms. The molecule has 1 saturated heterocycles. The van der Waals surface area contributed by atoms with Gasteiger partial charge in [0.1, 0.15) is 11.6 Å². The molecule has 2 atom stereocenters. The highest BCUT2D eigenvalue weighted by atomic mass is 16.6. The van der Waals surface area contributed by atoms with E-state index >= 15 is 0 Å². The van der Waals surface area contributed by atoms with E-state index in [1.165, 1.54) is 13.2 Å². The van der Waals surface area contributed by atoms with Crippen LogP contribution in [0.2, 0.25) is 0 Å². The van der Waals surface area contributed by atoms with Crippen molar-refractivity contribution in [2.75, 3.05) is 13.7 Å². The Hall–Kier alpha value is -2.83. The normalized spacial score (nSPS) is 17.8. The number of nitrogens with one attached hydrogen (secondary N) is 1. The highest BCUT2D eigenvalue weighted by Gasteiger charge is 2.30. The Labute approximate surface area is 172 Å². The Morgan fingerprint density at radius 3 is 2.55 bits per heavy atom. The van der Waals surface area contributed by atoms with Crippen molar-refractivity contribution < 1.29 is 23.9 Å². The van der Waals surface area contributed by atoms with Gasteiger partial charge in [-0.25, -0.2) is 9.59 Å².